The molecule has 6 amide bonds. The number of amides is 6. The van der Waals surface area contributed by atoms with Gasteiger partial charge in [0.1, 0.15) is 12.1 Å². The van der Waals surface area contributed by atoms with Gasteiger partial charge in [-0.25, -0.2) is 0 Å². The number of nitrogens with zero attached hydrogens (tertiary/aromatic N) is 2. The SMILES string of the molecule is O=C1CCCCCCCCCCC(=O)N[C@H]2CN(C(=O)CCCCCCCCCC(=O)N3C[C@H](N1)C3=O)C2=O. The van der Waals surface area contributed by atoms with Crippen molar-refractivity contribution < 1.29 is 28.8 Å². The molecule has 10 heteroatoms. The van der Waals surface area contributed by atoms with Crippen LogP contribution in [0, 0.1) is 0 Å². The van der Waals surface area contributed by atoms with Gasteiger partial charge in [0.2, 0.25) is 23.6 Å². The fourth-order valence-electron chi connectivity index (χ4n) is 5.39. The molecule has 10 nitrogen and oxygen atoms in total. The first-order chi connectivity index (χ1) is 18.9. The van der Waals surface area contributed by atoms with E-state index in [4.69, 9.17) is 0 Å². The summed E-state index contributed by atoms with van der Waals surface area (Å²) >= 11 is 0. The van der Waals surface area contributed by atoms with Crippen molar-refractivity contribution in [3.8, 4) is 0 Å². The van der Waals surface area contributed by atoms with E-state index in [0.29, 0.717) is 25.7 Å². The molecule has 0 aromatic carbocycles. The Hall–Kier alpha value is -2.78. The van der Waals surface area contributed by atoms with Crippen LogP contribution in [0.2, 0.25) is 0 Å². The molecule has 0 radical (unpaired) electrons. The number of β-lactam (4-membered cyclic amide) rings is 2. The van der Waals surface area contributed by atoms with Crippen molar-refractivity contribution in [1.29, 1.82) is 0 Å². The van der Waals surface area contributed by atoms with Crippen LogP contribution in [0.4, 0.5) is 0 Å². The van der Waals surface area contributed by atoms with Crippen LogP contribution in [0.3, 0.4) is 0 Å². The molecular formula is C29H46N4O6. The first kappa shape index (κ1) is 30.8. The van der Waals surface area contributed by atoms with Gasteiger partial charge in [0.15, 0.2) is 0 Å². The van der Waals surface area contributed by atoms with E-state index in [1.165, 1.54) is 9.80 Å². The van der Waals surface area contributed by atoms with Crippen molar-refractivity contribution >= 4 is 35.4 Å². The van der Waals surface area contributed by atoms with E-state index >= 15 is 0 Å². The summed E-state index contributed by atoms with van der Waals surface area (Å²) in [6.45, 7) is 0.543. The molecule has 39 heavy (non-hydrogen) atoms. The summed E-state index contributed by atoms with van der Waals surface area (Å²) in [6, 6.07) is -1.14. The number of imide groups is 2. The predicted molar refractivity (Wildman–Crippen MR) is 145 cm³/mol. The van der Waals surface area contributed by atoms with Crippen LogP contribution in [-0.4, -0.2) is 70.4 Å². The molecule has 5 aliphatic heterocycles. The number of rotatable bonds is 0. The van der Waals surface area contributed by atoms with Gasteiger partial charge in [0, 0.05) is 25.7 Å². The van der Waals surface area contributed by atoms with Crippen molar-refractivity contribution in [3.05, 3.63) is 0 Å². The summed E-state index contributed by atoms with van der Waals surface area (Å²) in [5.74, 6) is -1.19. The number of carbonyl (C=O) groups is 6. The van der Waals surface area contributed by atoms with Crippen LogP contribution < -0.4 is 10.6 Å². The Kier molecular flexibility index (Phi) is 12.9. The third-order valence-electron chi connectivity index (χ3n) is 7.97. The van der Waals surface area contributed by atoms with Gasteiger partial charge in [-0.1, -0.05) is 70.6 Å². The average Bonchev–Trinajstić information content (AvgIpc) is 2.91. The van der Waals surface area contributed by atoms with Crippen molar-refractivity contribution in [2.75, 3.05) is 13.1 Å². The van der Waals surface area contributed by atoms with Crippen LogP contribution in [0.1, 0.15) is 122 Å². The van der Waals surface area contributed by atoms with Gasteiger partial charge >= 0.3 is 0 Å². The smallest absolute Gasteiger partial charge is 0.253 e. The maximum atomic E-state index is 12.3. The summed E-state index contributed by atoms with van der Waals surface area (Å²) in [5.41, 5.74) is 0. The maximum absolute atomic E-state index is 12.3. The van der Waals surface area contributed by atoms with Crippen molar-refractivity contribution in [3.63, 3.8) is 0 Å². The highest BCUT2D eigenvalue weighted by Gasteiger charge is 2.42. The lowest BCUT2D eigenvalue weighted by molar-refractivity contribution is -0.158. The van der Waals surface area contributed by atoms with Gasteiger partial charge in [-0.2, -0.15) is 0 Å². The average molecular weight is 547 g/mol. The lowest BCUT2D eigenvalue weighted by Crippen LogP contribution is -2.65. The first-order valence-electron chi connectivity index (χ1n) is 15.1. The zero-order valence-electron chi connectivity index (χ0n) is 23.3. The van der Waals surface area contributed by atoms with E-state index in [-0.39, 0.29) is 48.5 Å². The molecule has 5 fully saturated rings. The summed E-state index contributed by atoms with van der Waals surface area (Å²) in [4.78, 5) is 76.0. The second-order valence-corrected chi connectivity index (χ2v) is 11.2. The summed E-state index contributed by atoms with van der Waals surface area (Å²) in [7, 11) is 0. The Morgan fingerprint density at radius 3 is 1.00 bits per heavy atom. The highest BCUT2D eigenvalue weighted by Crippen LogP contribution is 2.18. The molecule has 5 aliphatic rings. The molecule has 0 aliphatic carbocycles. The Bertz CT molecular complexity index is 821. The van der Waals surface area contributed by atoms with Crippen molar-refractivity contribution in [2.45, 2.75) is 134 Å². The van der Waals surface area contributed by atoms with Crippen molar-refractivity contribution in [1.82, 2.24) is 20.4 Å². The van der Waals surface area contributed by atoms with E-state index in [1.54, 1.807) is 0 Å². The molecule has 2 N–H and O–H groups in total. The molecule has 0 spiro atoms. The first-order valence-corrected chi connectivity index (χ1v) is 15.1. The molecule has 5 saturated heterocycles. The largest absolute Gasteiger partial charge is 0.343 e. The van der Waals surface area contributed by atoms with Crippen LogP contribution in [0.25, 0.3) is 0 Å². The molecule has 218 valence electrons. The molecule has 4 bridgehead atoms. The van der Waals surface area contributed by atoms with E-state index in [2.05, 4.69) is 10.6 Å². The van der Waals surface area contributed by atoms with E-state index < -0.39 is 12.1 Å². The quantitative estimate of drug-likeness (QED) is 0.354. The lowest BCUT2D eigenvalue weighted by atomic mass is 10.0. The normalized spacial score (nSPS) is 27.0. The predicted octanol–water partition coefficient (Wildman–Crippen LogP) is 3.12. The van der Waals surface area contributed by atoms with Gasteiger partial charge < -0.3 is 10.6 Å². The fourth-order valence-corrected chi connectivity index (χ4v) is 5.39. The molecule has 0 saturated carbocycles. The van der Waals surface area contributed by atoms with Gasteiger partial charge in [0.25, 0.3) is 11.8 Å². The zero-order chi connectivity index (χ0) is 28.0. The minimum Gasteiger partial charge on any atom is -0.343 e. The standard InChI is InChI=1S/C29H46N4O6/c34-24-16-12-8-4-1-2-5-9-13-17-25(35)31-23-21-33(29(23)39)27(37)19-15-11-7-3-6-10-14-18-26(36)32-20-22(30-24)28(32)38/h22-23H,1-21H2,(H,30,34)(H,31,35)/t22-,23-/m0/s1. The van der Waals surface area contributed by atoms with E-state index in [0.717, 1.165) is 96.3 Å². The fraction of sp³-hybridized carbons (Fsp3) is 0.793. The van der Waals surface area contributed by atoms with Gasteiger partial charge in [-0.05, 0) is 25.7 Å². The molecule has 0 unspecified atom stereocenters. The Balaban J connectivity index is 1.37. The Morgan fingerprint density at radius 1 is 0.410 bits per heavy atom. The second kappa shape index (κ2) is 16.4. The molecule has 0 aromatic rings. The van der Waals surface area contributed by atoms with Gasteiger partial charge in [-0.15, -0.1) is 0 Å². The molecule has 2 atom stereocenters. The third kappa shape index (κ3) is 10.0. The third-order valence-corrected chi connectivity index (χ3v) is 7.97. The van der Waals surface area contributed by atoms with Gasteiger partial charge in [-0.3, -0.25) is 38.6 Å². The molecule has 5 rings (SSSR count). The lowest BCUT2D eigenvalue weighted by Gasteiger charge is -2.37. The number of hydrogen-bond donors (Lipinski definition) is 2. The molecule has 0 aromatic heterocycles. The second-order valence-electron chi connectivity index (χ2n) is 11.2. The Labute approximate surface area is 232 Å². The monoisotopic (exact) mass is 546 g/mol. The zero-order valence-corrected chi connectivity index (χ0v) is 23.3. The topological polar surface area (TPSA) is 133 Å². The van der Waals surface area contributed by atoms with Gasteiger partial charge in [0.05, 0.1) is 13.1 Å². The molecular weight excluding hydrogens is 500 g/mol. The summed E-state index contributed by atoms with van der Waals surface area (Å²) in [6.07, 6.45) is 15.4. The van der Waals surface area contributed by atoms with E-state index in [9.17, 15) is 28.8 Å². The number of hydrogen-bond acceptors (Lipinski definition) is 6. The number of carbonyl (C=O) groups excluding carboxylic acids is 6. The van der Waals surface area contributed by atoms with Crippen LogP contribution in [-0.2, 0) is 28.8 Å². The Morgan fingerprint density at radius 2 is 0.692 bits per heavy atom. The number of nitrogens with one attached hydrogen (secondary N) is 2. The maximum Gasteiger partial charge on any atom is 0.253 e. The van der Waals surface area contributed by atoms with Crippen LogP contribution in [0.15, 0.2) is 0 Å². The van der Waals surface area contributed by atoms with E-state index in [1.807, 2.05) is 0 Å². The highest BCUT2D eigenvalue weighted by molar-refractivity contribution is 6.05. The summed E-state index contributed by atoms with van der Waals surface area (Å²) in [5, 5.41) is 5.51. The minimum atomic E-state index is -0.569. The molecule has 5 heterocycles. The van der Waals surface area contributed by atoms with Crippen LogP contribution >= 0.6 is 0 Å². The van der Waals surface area contributed by atoms with Crippen molar-refractivity contribution in [2.24, 2.45) is 0 Å². The van der Waals surface area contributed by atoms with Crippen LogP contribution in [0.5, 0.6) is 0 Å². The highest BCUT2D eigenvalue weighted by atomic mass is 16.2. The summed E-state index contributed by atoms with van der Waals surface area (Å²) < 4.78 is 0. The minimum absolute atomic E-state index is 0.130.